The second-order valence-corrected chi connectivity index (χ2v) is 7.69. The van der Waals surface area contributed by atoms with E-state index in [0.717, 1.165) is 53.7 Å². The van der Waals surface area contributed by atoms with Crippen LogP contribution in [0.5, 0.6) is 0 Å². The fourth-order valence-electron chi connectivity index (χ4n) is 4.02. The van der Waals surface area contributed by atoms with Crippen LogP contribution < -0.4 is 9.80 Å². The molecule has 146 valence electrons. The number of ether oxygens (including phenoxy) is 1. The largest absolute Gasteiger partial charge is 0.378 e. The second kappa shape index (κ2) is 7.90. The average Bonchev–Trinajstić information content (AvgIpc) is 2.79. The summed E-state index contributed by atoms with van der Waals surface area (Å²) in [5.74, 6) is 0. The van der Waals surface area contributed by atoms with Crippen molar-refractivity contribution in [1.29, 1.82) is 0 Å². The van der Waals surface area contributed by atoms with Gasteiger partial charge in [0, 0.05) is 46.8 Å². The first-order chi connectivity index (χ1) is 14.3. The third kappa shape index (κ3) is 3.61. The van der Waals surface area contributed by atoms with Crippen LogP contribution in [-0.2, 0) is 4.74 Å². The van der Waals surface area contributed by atoms with Crippen molar-refractivity contribution < 1.29 is 4.74 Å². The highest BCUT2D eigenvalue weighted by Gasteiger charge is 2.21. The first-order valence-electron chi connectivity index (χ1n) is 9.89. The van der Waals surface area contributed by atoms with Gasteiger partial charge in [0.25, 0.3) is 0 Å². The molecule has 5 heteroatoms. The summed E-state index contributed by atoms with van der Waals surface area (Å²) in [6.07, 6.45) is 1.96. The SMILES string of the molecule is Clc1cccc(-c2cccc3c2N(c2ccc(N4CCOCC4)cc2)CN=C3)c1. The van der Waals surface area contributed by atoms with Crippen molar-refractivity contribution in [1.82, 2.24) is 0 Å². The number of morpholine rings is 1. The lowest BCUT2D eigenvalue weighted by atomic mass is 9.98. The molecule has 1 saturated heterocycles. The molecule has 2 aliphatic rings. The van der Waals surface area contributed by atoms with Crippen molar-refractivity contribution in [2.45, 2.75) is 0 Å². The van der Waals surface area contributed by atoms with Crippen LogP contribution >= 0.6 is 11.6 Å². The zero-order chi connectivity index (χ0) is 19.6. The molecule has 0 unspecified atom stereocenters. The van der Waals surface area contributed by atoms with E-state index in [2.05, 4.69) is 63.3 Å². The number of benzene rings is 3. The average molecular weight is 404 g/mol. The minimum Gasteiger partial charge on any atom is -0.378 e. The van der Waals surface area contributed by atoms with Crippen LogP contribution in [0.15, 0.2) is 71.7 Å². The van der Waals surface area contributed by atoms with E-state index >= 15 is 0 Å². The maximum Gasteiger partial charge on any atom is 0.114 e. The quantitative estimate of drug-likeness (QED) is 0.588. The maximum atomic E-state index is 6.27. The summed E-state index contributed by atoms with van der Waals surface area (Å²) in [4.78, 5) is 9.23. The fourth-order valence-corrected chi connectivity index (χ4v) is 4.21. The molecule has 0 radical (unpaired) electrons. The highest BCUT2D eigenvalue weighted by molar-refractivity contribution is 6.30. The van der Waals surface area contributed by atoms with E-state index in [1.54, 1.807) is 0 Å². The monoisotopic (exact) mass is 403 g/mol. The molecule has 3 aromatic carbocycles. The molecule has 0 spiro atoms. The molecule has 3 aromatic rings. The molecular weight excluding hydrogens is 382 g/mol. The molecule has 1 fully saturated rings. The van der Waals surface area contributed by atoms with Crippen LogP contribution in [-0.4, -0.2) is 39.2 Å². The molecule has 0 aliphatic carbocycles. The molecule has 4 nitrogen and oxygen atoms in total. The Morgan fingerprint density at radius 2 is 1.62 bits per heavy atom. The number of hydrogen-bond acceptors (Lipinski definition) is 4. The van der Waals surface area contributed by atoms with Crippen molar-refractivity contribution >= 4 is 34.9 Å². The smallest absolute Gasteiger partial charge is 0.114 e. The Morgan fingerprint density at radius 3 is 2.41 bits per heavy atom. The van der Waals surface area contributed by atoms with Gasteiger partial charge in [-0.05, 0) is 42.0 Å². The second-order valence-electron chi connectivity index (χ2n) is 7.25. The summed E-state index contributed by atoms with van der Waals surface area (Å²) < 4.78 is 5.47. The number of para-hydroxylation sites is 1. The Morgan fingerprint density at radius 1 is 0.862 bits per heavy atom. The Bertz CT molecular complexity index is 1040. The molecule has 0 saturated carbocycles. The number of fused-ring (bicyclic) bond motifs is 1. The van der Waals surface area contributed by atoms with Gasteiger partial charge in [-0.25, -0.2) is 0 Å². The van der Waals surface area contributed by atoms with Crippen molar-refractivity contribution in [2.75, 3.05) is 42.8 Å². The van der Waals surface area contributed by atoms with Gasteiger partial charge in [-0.2, -0.15) is 0 Å². The van der Waals surface area contributed by atoms with E-state index < -0.39 is 0 Å². The Balaban J connectivity index is 1.53. The summed E-state index contributed by atoms with van der Waals surface area (Å²) in [6, 6.07) is 23.1. The molecule has 2 heterocycles. The number of anilines is 3. The van der Waals surface area contributed by atoms with Gasteiger partial charge in [-0.3, -0.25) is 4.99 Å². The molecule has 0 aromatic heterocycles. The van der Waals surface area contributed by atoms with E-state index in [1.807, 2.05) is 24.4 Å². The number of halogens is 1. The lowest BCUT2D eigenvalue weighted by Crippen LogP contribution is -2.36. The van der Waals surface area contributed by atoms with Gasteiger partial charge in [-0.15, -0.1) is 0 Å². The van der Waals surface area contributed by atoms with Crippen molar-refractivity contribution in [3.8, 4) is 11.1 Å². The number of nitrogens with zero attached hydrogens (tertiary/aromatic N) is 3. The van der Waals surface area contributed by atoms with Gasteiger partial charge in [0.2, 0.25) is 0 Å². The van der Waals surface area contributed by atoms with Gasteiger partial charge in [0.15, 0.2) is 0 Å². The Labute approximate surface area is 176 Å². The third-order valence-corrected chi connectivity index (χ3v) is 5.70. The summed E-state index contributed by atoms with van der Waals surface area (Å²) in [5.41, 5.74) is 6.93. The van der Waals surface area contributed by atoms with E-state index in [9.17, 15) is 0 Å². The molecule has 5 rings (SSSR count). The predicted molar refractivity (Wildman–Crippen MR) is 121 cm³/mol. The van der Waals surface area contributed by atoms with Crippen molar-refractivity contribution in [3.63, 3.8) is 0 Å². The van der Waals surface area contributed by atoms with Gasteiger partial charge in [-0.1, -0.05) is 41.9 Å². The first kappa shape index (κ1) is 18.2. The van der Waals surface area contributed by atoms with Gasteiger partial charge in [0.1, 0.15) is 6.67 Å². The van der Waals surface area contributed by atoms with Gasteiger partial charge in [0.05, 0.1) is 18.9 Å². The van der Waals surface area contributed by atoms with E-state index in [-0.39, 0.29) is 0 Å². The van der Waals surface area contributed by atoms with E-state index in [0.29, 0.717) is 6.67 Å². The summed E-state index contributed by atoms with van der Waals surface area (Å²) in [5, 5.41) is 0.742. The predicted octanol–water partition coefficient (Wildman–Crippen LogP) is 5.37. The third-order valence-electron chi connectivity index (χ3n) is 5.46. The Kier molecular flexibility index (Phi) is 4.96. The van der Waals surface area contributed by atoms with Crippen molar-refractivity contribution in [2.24, 2.45) is 4.99 Å². The van der Waals surface area contributed by atoms with Crippen LogP contribution in [0.3, 0.4) is 0 Å². The van der Waals surface area contributed by atoms with Crippen LogP contribution in [0.2, 0.25) is 5.02 Å². The number of rotatable bonds is 3. The van der Waals surface area contributed by atoms with Crippen LogP contribution in [0.25, 0.3) is 11.1 Å². The minimum atomic E-state index is 0.599. The normalized spacial score (nSPS) is 16.0. The van der Waals surface area contributed by atoms with Crippen LogP contribution in [0.1, 0.15) is 5.56 Å². The summed E-state index contributed by atoms with van der Waals surface area (Å²) >= 11 is 6.27. The standard InChI is InChI=1S/C24H22ClN3O/c25-20-5-1-3-18(15-20)23-6-2-4-19-16-26-17-28(24(19)23)22-9-7-21(8-10-22)27-11-13-29-14-12-27/h1-10,15-16H,11-14,17H2. The number of hydrogen-bond donors (Lipinski definition) is 0. The zero-order valence-corrected chi connectivity index (χ0v) is 16.8. The lowest BCUT2D eigenvalue weighted by Gasteiger charge is -2.32. The van der Waals surface area contributed by atoms with Crippen LogP contribution in [0, 0.1) is 0 Å². The molecule has 2 aliphatic heterocycles. The molecule has 0 N–H and O–H groups in total. The van der Waals surface area contributed by atoms with Gasteiger partial charge >= 0.3 is 0 Å². The molecular formula is C24H22ClN3O. The highest BCUT2D eigenvalue weighted by atomic mass is 35.5. The zero-order valence-electron chi connectivity index (χ0n) is 16.1. The van der Waals surface area contributed by atoms with Gasteiger partial charge < -0.3 is 14.5 Å². The highest BCUT2D eigenvalue weighted by Crippen LogP contribution is 2.40. The van der Waals surface area contributed by atoms with E-state index in [4.69, 9.17) is 16.3 Å². The van der Waals surface area contributed by atoms with Crippen molar-refractivity contribution in [3.05, 3.63) is 77.3 Å². The summed E-state index contributed by atoms with van der Waals surface area (Å²) in [6.45, 7) is 4.06. The minimum absolute atomic E-state index is 0.599. The fraction of sp³-hybridized carbons (Fsp3) is 0.208. The molecule has 0 atom stereocenters. The first-order valence-corrected chi connectivity index (χ1v) is 10.3. The lowest BCUT2D eigenvalue weighted by molar-refractivity contribution is 0.122. The van der Waals surface area contributed by atoms with E-state index in [1.165, 1.54) is 11.4 Å². The summed E-state index contributed by atoms with van der Waals surface area (Å²) in [7, 11) is 0. The number of aliphatic imine (C=N–C) groups is 1. The molecule has 0 amide bonds. The Hall–Kier alpha value is -2.82. The topological polar surface area (TPSA) is 28.1 Å². The molecule has 29 heavy (non-hydrogen) atoms. The molecule has 0 bridgehead atoms. The maximum absolute atomic E-state index is 6.27. The van der Waals surface area contributed by atoms with Crippen LogP contribution in [0.4, 0.5) is 17.1 Å².